The molecule has 0 saturated carbocycles. The van der Waals surface area contributed by atoms with Gasteiger partial charge >= 0.3 is 0 Å². The van der Waals surface area contributed by atoms with Gasteiger partial charge in [-0.3, -0.25) is 9.59 Å². The van der Waals surface area contributed by atoms with Crippen LogP contribution in [0.15, 0.2) is 24.3 Å². The number of rotatable bonds is 4. The number of carbonyl (C=O) groups is 2. The third kappa shape index (κ3) is 4.22. The number of hydrogen-bond donors (Lipinski definition) is 2. The molecule has 0 aromatic heterocycles. The largest absolute Gasteiger partial charge is 0.373 e. The number of carbonyl (C=O) groups excluding carboxylic acids is 2. The molecule has 3 N–H and O–H groups in total. The Balaban J connectivity index is 1.97. The van der Waals surface area contributed by atoms with E-state index in [-0.39, 0.29) is 24.3 Å². The normalized spacial score (nSPS) is 15.9. The first-order valence-corrected chi connectivity index (χ1v) is 8.00. The molecule has 0 radical (unpaired) electrons. The predicted molar refractivity (Wildman–Crippen MR) is 91.0 cm³/mol. The highest BCUT2D eigenvalue weighted by Crippen LogP contribution is 2.23. The fraction of sp³-hybridized carbons (Fsp3) is 0.529. The summed E-state index contributed by atoms with van der Waals surface area (Å²) in [6, 6.07) is 7.49. The molecule has 0 saturated heterocycles. The van der Waals surface area contributed by atoms with Crippen LogP contribution in [0.5, 0.6) is 0 Å². The molecule has 2 amide bonds. The zero-order valence-electron chi connectivity index (χ0n) is 14.1. The molecule has 1 aliphatic heterocycles. The standard InChI is InChI=1S/C17H26N4O2/c1-12(2)16(18)17(23)19-10-15(22)21-9-8-20(3)14-7-5-4-6-13(14)11-21/h4-7,12,16H,8-11,18H2,1-3H3,(H,19,23)/t16-/m0/s1. The molecule has 1 heterocycles. The first kappa shape index (κ1) is 17.3. The van der Waals surface area contributed by atoms with Gasteiger partial charge in [-0.05, 0) is 17.5 Å². The van der Waals surface area contributed by atoms with Crippen LogP contribution in [0.3, 0.4) is 0 Å². The van der Waals surface area contributed by atoms with Crippen LogP contribution < -0.4 is 16.0 Å². The van der Waals surface area contributed by atoms with Crippen LogP contribution in [0.2, 0.25) is 0 Å². The van der Waals surface area contributed by atoms with Crippen LogP contribution in [-0.2, 0) is 16.1 Å². The zero-order valence-corrected chi connectivity index (χ0v) is 14.1. The van der Waals surface area contributed by atoms with E-state index in [1.165, 1.54) is 0 Å². The Hall–Kier alpha value is -2.08. The van der Waals surface area contributed by atoms with E-state index in [4.69, 9.17) is 5.73 Å². The highest BCUT2D eigenvalue weighted by atomic mass is 16.2. The maximum atomic E-state index is 12.4. The summed E-state index contributed by atoms with van der Waals surface area (Å²) in [5.74, 6) is -0.316. The molecule has 2 rings (SSSR count). The van der Waals surface area contributed by atoms with Crippen LogP contribution in [0.25, 0.3) is 0 Å². The molecule has 1 aliphatic rings. The van der Waals surface area contributed by atoms with Crippen molar-refractivity contribution in [3.05, 3.63) is 29.8 Å². The minimum atomic E-state index is -0.584. The molecule has 1 aromatic carbocycles. The number of fused-ring (bicyclic) bond motifs is 1. The Morgan fingerprint density at radius 2 is 1.96 bits per heavy atom. The summed E-state index contributed by atoms with van der Waals surface area (Å²) in [6.45, 7) is 5.72. The molecule has 0 spiro atoms. The Morgan fingerprint density at radius 3 is 2.65 bits per heavy atom. The second-order valence-electron chi connectivity index (χ2n) is 6.35. The molecule has 1 atom stereocenters. The van der Waals surface area contributed by atoms with Crippen LogP contribution in [0.1, 0.15) is 19.4 Å². The summed E-state index contributed by atoms with van der Waals surface area (Å²) in [5.41, 5.74) is 8.05. The van der Waals surface area contributed by atoms with Gasteiger partial charge < -0.3 is 20.9 Å². The topological polar surface area (TPSA) is 78.7 Å². The monoisotopic (exact) mass is 318 g/mol. The molecule has 0 aliphatic carbocycles. The van der Waals surface area contributed by atoms with Crippen molar-refractivity contribution in [1.29, 1.82) is 0 Å². The van der Waals surface area contributed by atoms with E-state index >= 15 is 0 Å². The summed E-state index contributed by atoms with van der Waals surface area (Å²) >= 11 is 0. The van der Waals surface area contributed by atoms with Crippen molar-refractivity contribution in [2.75, 3.05) is 31.6 Å². The Kier molecular flexibility index (Phi) is 5.60. The summed E-state index contributed by atoms with van der Waals surface area (Å²) in [5, 5.41) is 2.65. The summed E-state index contributed by atoms with van der Waals surface area (Å²) in [4.78, 5) is 28.2. The lowest BCUT2D eigenvalue weighted by Gasteiger charge is -2.22. The van der Waals surface area contributed by atoms with Gasteiger partial charge in [-0.1, -0.05) is 32.0 Å². The van der Waals surface area contributed by atoms with Gasteiger partial charge in [0.2, 0.25) is 11.8 Å². The second-order valence-corrected chi connectivity index (χ2v) is 6.35. The predicted octanol–water partition coefficient (Wildman–Crippen LogP) is 0.565. The third-order valence-corrected chi connectivity index (χ3v) is 4.26. The van der Waals surface area contributed by atoms with Gasteiger partial charge in [0, 0.05) is 32.4 Å². The van der Waals surface area contributed by atoms with Crippen LogP contribution in [0, 0.1) is 5.92 Å². The van der Waals surface area contributed by atoms with Crippen LogP contribution in [-0.4, -0.2) is 49.4 Å². The van der Waals surface area contributed by atoms with Crippen molar-refractivity contribution in [2.24, 2.45) is 11.7 Å². The number of anilines is 1. The molecule has 1 aromatic rings. The van der Waals surface area contributed by atoms with Crippen molar-refractivity contribution in [1.82, 2.24) is 10.2 Å². The van der Waals surface area contributed by atoms with Crippen molar-refractivity contribution < 1.29 is 9.59 Å². The third-order valence-electron chi connectivity index (χ3n) is 4.26. The van der Waals surface area contributed by atoms with Crippen molar-refractivity contribution in [3.8, 4) is 0 Å². The average Bonchev–Trinajstić information content (AvgIpc) is 2.71. The Morgan fingerprint density at radius 1 is 1.26 bits per heavy atom. The fourth-order valence-corrected chi connectivity index (χ4v) is 2.60. The van der Waals surface area contributed by atoms with Gasteiger partial charge in [-0.2, -0.15) is 0 Å². The second kappa shape index (κ2) is 7.46. The van der Waals surface area contributed by atoms with E-state index in [1.807, 2.05) is 39.1 Å². The van der Waals surface area contributed by atoms with Crippen LogP contribution >= 0.6 is 0 Å². The SMILES string of the molecule is CC(C)[C@H](N)C(=O)NCC(=O)N1CCN(C)c2ccccc2C1. The highest BCUT2D eigenvalue weighted by molar-refractivity contribution is 5.87. The van der Waals surface area contributed by atoms with E-state index in [0.717, 1.165) is 17.8 Å². The van der Waals surface area contributed by atoms with E-state index in [1.54, 1.807) is 4.90 Å². The average molecular weight is 318 g/mol. The number of benzene rings is 1. The van der Waals surface area contributed by atoms with E-state index in [2.05, 4.69) is 16.3 Å². The molecule has 6 heteroatoms. The van der Waals surface area contributed by atoms with E-state index < -0.39 is 6.04 Å². The lowest BCUT2D eigenvalue weighted by molar-refractivity contribution is -0.133. The molecule has 0 unspecified atom stereocenters. The molecular formula is C17H26N4O2. The molecule has 0 fully saturated rings. The maximum Gasteiger partial charge on any atom is 0.242 e. The summed E-state index contributed by atoms with van der Waals surface area (Å²) < 4.78 is 0. The molecule has 126 valence electrons. The zero-order chi connectivity index (χ0) is 17.0. The number of nitrogens with two attached hydrogens (primary N) is 1. The Labute approximate surface area is 137 Å². The highest BCUT2D eigenvalue weighted by Gasteiger charge is 2.23. The number of para-hydroxylation sites is 1. The minimum Gasteiger partial charge on any atom is -0.373 e. The number of likely N-dealkylation sites (N-methyl/N-ethyl adjacent to an activating group) is 1. The minimum absolute atomic E-state index is 0.00880. The van der Waals surface area contributed by atoms with Crippen molar-refractivity contribution >= 4 is 17.5 Å². The van der Waals surface area contributed by atoms with E-state index in [9.17, 15) is 9.59 Å². The van der Waals surface area contributed by atoms with Crippen molar-refractivity contribution in [3.63, 3.8) is 0 Å². The number of nitrogens with zero attached hydrogens (tertiary/aromatic N) is 2. The molecule has 0 bridgehead atoms. The first-order valence-electron chi connectivity index (χ1n) is 8.00. The number of hydrogen-bond acceptors (Lipinski definition) is 4. The maximum absolute atomic E-state index is 12.4. The van der Waals surface area contributed by atoms with Gasteiger partial charge in [-0.15, -0.1) is 0 Å². The van der Waals surface area contributed by atoms with Crippen molar-refractivity contribution in [2.45, 2.75) is 26.4 Å². The smallest absolute Gasteiger partial charge is 0.242 e. The van der Waals surface area contributed by atoms with Gasteiger partial charge in [0.15, 0.2) is 0 Å². The van der Waals surface area contributed by atoms with E-state index in [0.29, 0.717) is 13.1 Å². The van der Waals surface area contributed by atoms with Gasteiger partial charge in [0.1, 0.15) is 0 Å². The van der Waals surface area contributed by atoms with Gasteiger partial charge in [0.05, 0.1) is 12.6 Å². The quantitative estimate of drug-likeness (QED) is 0.850. The summed E-state index contributed by atoms with van der Waals surface area (Å²) in [6.07, 6.45) is 0. The molecular weight excluding hydrogens is 292 g/mol. The number of nitrogens with one attached hydrogen (secondary N) is 1. The lowest BCUT2D eigenvalue weighted by atomic mass is 10.1. The summed E-state index contributed by atoms with van der Waals surface area (Å²) in [7, 11) is 2.02. The first-order chi connectivity index (χ1) is 10.9. The lowest BCUT2D eigenvalue weighted by Crippen LogP contribution is -2.48. The Bertz CT molecular complexity index is 573. The fourth-order valence-electron chi connectivity index (χ4n) is 2.60. The van der Waals surface area contributed by atoms with Crippen LogP contribution in [0.4, 0.5) is 5.69 Å². The van der Waals surface area contributed by atoms with Gasteiger partial charge in [0.25, 0.3) is 0 Å². The molecule has 23 heavy (non-hydrogen) atoms. The molecule has 6 nitrogen and oxygen atoms in total. The van der Waals surface area contributed by atoms with Gasteiger partial charge in [-0.25, -0.2) is 0 Å². The number of amides is 2.